The second-order valence-corrected chi connectivity index (χ2v) is 14.5. The number of rotatable bonds is 8. The molecule has 18 heavy (non-hydrogen) atoms. The second-order valence-electron chi connectivity index (χ2n) is 5.39. The third-order valence-corrected chi connectivity index (χ3v) is 15.5. The molecule has 0 aromatic heterocycles. The lowest BCUT2D eigenvalue weighted by Crippen LogP contribution is -2.44. The maximum atomic E-state index is 6.83. The van der Waals surface area contributed by atoms with Crippen LogP contribution in [0.5, 0.6) is 0 Å². The summed E-state index contributed by atoms with van der Waals surface area (Å²) in [6.07, 6.45) is 3.63. The van der Waals surface area contributed by atoms with Crippen molar-refractivity contribution in [3.05, 3.63) is 10.9 Å². The van der Waals surface area contributed by atoms with Gasteiger partial charge in [0.1, 0.15) is 0 Å². The van der Waals surface area contributed by atoms with E-state index in [0.29, 0.717) is 0 Å². The Balaban J connectivity index is 2.89. The van der Waals surface area contributed by atoms with Crippen LogP contribution >= 0.6 is 11.6 Å². The van der Waals surface area contributed by atoms with Crippen LogP contribution in [0.4, 0.5) is 0 Å². The fourth-order valence-corrected chi connectivity index (χ4v) is 15.0. The highest BCUT2D eigenvalue weighted by Crippen LogP contribution is 2.41. The molecule has 1 rings (SSSR count). The molecule has 0 aromatic carbocycles. The van der Waals surface area contributed by atoms with Gasteiger partial charge in [0.05, 0.1) is 0 Å². The molecular formula is C14H29ClOSi2. The maximum absolute atomic E-state index is 6.83. The molecule has 0 N–H and O–H groups in total. The predicted octanol–water partition coefficient (Wildman–Crippen LogP) is 5.40. The van der Waals surface area contributed by atoms with E-state index in [4.69, 9.17) is 15.7 Å². The van der Waals surface area contributed by atoms with Crippen LogP contribution in [0.15, 0.2) is 10.9 Å². The Morgan fingerprint density at radius 2 is 1.61 bits per heavy atom. The minimum absolute atomic E-state index is 0.797. The number of allylic oxidation sites excluding steroid dienone is 1. The van der Waals surface area contributed by atoms with Gasteiger partial charge in [-0.2, -0.15) is 0 Å². The van der Waals surface area contributed by atoms with Gasteiger partial charge in [0.25, 0.3) is 0 Å². The molecule has 0 saturated heterocycles. The summed E-state index contributed by atoms with van der Waals surface area (Å²) >= 11 is 5.81. The number of hydrogen-bond acceptors (Lipinski definition) is 1. The SMILES string of the molecule is CC[Si]1(CC)C=C(CCCCCl)[Si](CC)(CC)O1. The molecule has 1 aliphatic heterocycles. The lowest BCUT2D eigenvalue weighted by Gasteiger charge is -2.33. The lowest BCUT2D eigenvalue weighted by atomic mass is 10.2. The summed E-state index contributed by atoms with van der Waals surface area (Å²) in [6, 6.07) is 5.00. The van der Waals surface area contributed by atoms with Gasteiger partial charge in [0.2, 0.25) is 16.6 Å². The van der Waals surface area contributed by atoms with E-state index in [0.717, 1.165) is 12.3 Å². The molecule has 1 nitrogen and oxygen atoms in total. The average Bonchev–Trinajstić information content (AvgIpc) is 2.75. The van der Waals surface area contributed by atoms with Gasteiger partial charge in [-0.25, -0.2) is 0 Å². The Hall–Kier alpha value is 0.424. The molecular weight excluding hydrogens is 276 g/mol. The Morgan fingerprint density at radius 3 is 2.06 bits per heavy atom. The monoisotopic (exact) mass is 304 g/mol. The lowest BCUT2D eigenvalue weighted by molar-refractivity contribution is 0.542. The third-order valence-electron chi connectivity index (χ3n) is 4.59. The van der Waals surface area contributed by atoms with Crippen LogP contribution < -0.4 is 0 Å². The van der Waals surface area contributed by atoms with Crippen LogP contribution in [0.25, 0.3) is 0 Å². The fourth-order valence-electron chi connectivity index (χ4n) is 3.09. The van der Waals surface area contributed by atoms with E-state index in [1.807, 2.05) is 0 Å². The van der Waals surface area contributed by atoms with Gasteiger partial charge >= 0.3 is 0 Å². The first-order valence-corrected chi connectivity index (χ1v) is 12.9. The molecule has 0 aromatic rings. The molecule has 0 unspecified atom stereocenters. The number of halogens is 1. The minimum atomic E-state index is -1.56. The minimum Gasteiger partial charge on any atom is -0.449 e. The highest BCUT2D eigenvalue weighted by Gasteiger charge is 2.48. The van der Waals surface area contributed by atoms with Crippen molar-refractivity contribution in [2.45, 2.75) is 71.1 Å². The van der Waals surface area contributed by atoms with Gasteiger partial charge in [-0.1, -0.05) is 38.6 Å². The fraction of sp³-hybridized carbons (Fsp3) is 0.857. The van der Waals surface area contributed by atoms with Crippen LogP contribution in [0.3, 0.4) is 0 Å². The molecule has 0 atom stereocenters. The second kappa shape index (κ2) is 7.27. The van der Waals surface area contributed by atoms with E-state index in [1.54, 1.807) is 5.20 Å². The van der Waals surface area contributed by atoms with E-state index in [9.17, 15) is 0 Å². The first-order chi connectivity index (χ1) is 8.62. The quantitative estimate of drug-likeness (QED) is 0.331. The van der Waals surface area contributed by atoms with Gasteiger partial charge in [0, 0.05) is 5.88 Å². The maximum Gasteiger partial charge on any atom is 0.207 e. The summed E-state index contributed by atoms with van der Waals surface area (Å²) in [7, 11) is -3.07. The molecule has 0 amide bonds. The highest BCUT2D eigenvalue weighted by atomic mass is 35.5. The zero-order valence-corrected chi connectivity index (χ0v) is 15.3. The van der Waals surface area contributed by atoms with Crippen molar-refractivity contribution in [1.82, 2.24) is 0 Å². The summed E-state index contributed by atoms with van der Waals surface area (Å²) in [5.74, 6) is 0.797. The third kappa shape index (κ3) is 3.30. The van der Waals surface area contributed by atoms with Gasteiger partial charge in [-0.3, -0.25) is 0 Å². The standard InChI is InChI=1S/C14H29ClOSi2/c1-5-17(6-2)13-14(11-9-10-12-15)18(7-3,8-4)16-17/h13H,5-12H2,1-4H3. The van der Waals surface area contributed by atoms with Gasteiger partial charge in [0.15, 0.2) is 0 Å². The van der Waals surface area contributed by atoms with Crippen LogP contribution in [0.2, 0.25) is 24.2 Å². The molecule has 0 aliphatic carbocycles. The van der Waals surface area contributed by atoms with Crippen molar-refractivity contribution in [2.24, 2.45) is 0 Å². The molecule has 106 valence electrons. The Labute approximate surface area is 120 Å². The van der Waals surface area contributed by atoms with Crippen molar-refractivity contribution >= 4 is 28.2 Å². The average molecular weight is 305 g/mol. The van der Waals surface area contributed by atoms with Gasteiger partial charge in [-0.15, -0.1) is 11.6 Å². The Morgan fingerprint density at radius 1 is 1.00 bits per heavy atom. The largest absolute Gasteiger partial charge is 0.449 e. The molecule has 0 spiro atoms. The highest BCUT2D eigenvalue weighted by molar-refractivity contribution is 6.97. The van der Waals surface area contributed by atoms with Crippen molar-refractivity contribution < 1.29 is 4.12 Å². The molecule has 1 heterocycles. The summed E-state index contributed by atoms with van der Waals surface area (Å²) in [5.41, 5.74) is 2.64. The van der Waals surface area contributed by atoms with E-state index in [2.05, 4.69) is 33.4 Å². The molecule has 0 bridgehead atoms. The summed E-state index contributed by atoms with van der Waals surface area (Å²) in [6.45, 7) is 9.30. The zero-order valence-electron chi connectivity index (χ0n) is 12.5. The number of alkyl halides is 1. The van der Waals surface area contributed by atoms with E-state index in [-0.39, 0.29) is 0 Å². The van der Waals surface area contributed by atoms with Gasteiger partial charge in [-0.05, 0) is 43.4 Å². The van der Waals surface area contributed by atoms with E-state index >= 15 is 0 Å². The summed E-state index contributed by atoms with van der Waals surface area (Å²) in [4.78, 5) is 0. The van der Waals surface area contributed by atoms with Gasteiger partial charge < -0.3 is 4.12 Å². The summed E-state index contributed by atoms with van der Waals surface area (Å²) in [5, 5.41) is 1.73. The summed E-state index contributed by atoms with van der Waals surface area (Å²) < 4.78 is 6.83. The van der Waals surface area contributed by atoms with E-state index in [1.165, 1.54) is 37.0 Å². The van der Waals surface area contributed by atoms with Crippen molar-refractivity contribution in [3.8, 4) is 0 Å². The predicted molar refractivity (Wildman–Crippen MR) is 87.2 cm³/mol. The smallest absolute Gasteiger partial charge is 0.207 e. The molecule has 0 fully saturated rings. The molecule has 0 radical (unpaired) electrons. The zero-order chi connectivity index (χ0) is 13.6. The Bertz CT molecular complexity index is 284. The topological polar surface area (TPSA) is 9.23 Å². The first-order valence-electron chi connectivity index (χ1n) is 7.60. The first kappa shape index (κ1) is 16.5. The van der Waals surface area contributed by atoms with Crippen molar-refractivity contribution in [3.63, 3.8) is 0 Å². The van der Waals surface area contributed by atoms with Crippen LogP contribution in [0, 0.1) is 0 Å². The Kier molecular flexibility index (Phi) is 6.66. The van der Waals surface area contributed by atoms with Crippen molar-refractivity contribution in [2.75, 3.05) is 5.88 Å². The van der Waals surface area contributed by atoms with Crippen LogP contribution in [0.1, 0.15) is 47.0 Å². The van der Waals surface area contributed by atoms with Crippen LogP contribution in [-0.4, -0.2) is 22.5 Å². The number of unbranched alkanes of at least 4 members (excludes halogenated alkanes) is 1. The normalized spacial score (nSPS) is 21.1. The van der Waals surface area contributed by atoms with Crippen molar-refractivity contribution in [1.29, 1.82) is 0 Å². The number of hydrogen-bond donors (Lipinski definition) is 0. The molecule has 4 heteroatoms. The molecule has 0 saturated carbocycles. The molecule has 1 aliphatic rings. The van der Waals surface area contributed by atoms with Crippen LogP contribution in [-0.2, 0) is 4.12 Å². The van der Waals surface area contributed by atoms with E-state index < -0.39 is 16.6 Å².